The molecule has 0 saturated heterocycles. The van der Waals surface area contributed by atoms with Gasteiger partial charge < -0.3 is 24.3 Å². The van der Waals surface area contributed by atoms with Crippen molar-refractivity contribution in [2.75, 3.05) is 27.9 Å². The van der Waals surface area contributed by atoms with Crippen LogP contribution in [0.3, 0.4) is 0 Å². The Bertz CT molecular complexity index is 881. The number of rotatable bonds is 7. The predicted octanol–water partition coefficient (Wildman–Crippen LogP) is 2.68. The largest absolute Gasteiger partial charge is 0.493 e. The van der Waals surface area contributed by atoms with Crippen molar-refractivity contribution in [1.29, 1.82) is 0 Å². The van der Waals surface area contributed by atoms with E-state index < -0.39 is 12.0 Å². The van der Waals surface area contributed by atoms with Crippen molar-refractivity contribution >= 4 is 11.9 Å². The number of methoxy groups -OCH3 is 3. The van der Waals surface area contributed by atoms with Crippen LogP contribution in [-0.4, -0.2) is 39.8 Å². The lowest BCUT2D eigenvalue weighted by Crippen LogP contribution is -2.40. The molecule has 0 aromatic heterocycles. The number of carbonyl (C=O) groups is 2. The number of carbonyl (C=O) groups excluding carboxylic acids is 2. The summed E-state index contributed by atoms with van der Waals surface area (Å²) in [5.74, 6) is 0.951. The summed E-state index contributed by atoms with van der Waals surface area (Å²) in [6.07, 6.45) is 0.584. The van der Waals surface area contributed by atoms with Gasteiger partial charge in [-0.3, -0.25) is 9.59 Å². The van der Waals surface area contributed by atoms with E-state index in [1.54, 1.807) is 25.3 Å². The first-order valence-corrected chi connectivity index (χ1v) is 9.35. The summed E-state index contributed by atoms with van der Waals surface area (Å²) in [4.78, 5) is 24.9. The number of nitrogens with one attached hydrogen (secondary N) is 1. The maximum Gasteiger partial charge on any atom is 0.307 e. The van der Waals surface area contributed by atoms with Gasteiger partial charge in [-0.25, -0.2) is 0 Å². The first-order valence-electron chi connectivity index (χ1n) is 9.35. The van der Waals surface area contributed by atoms with Crippen molar-refractivity contribution in [3.05, 3.63) is 53.6 Å². The van der Waals surface area contributed by atoms with Gasteiger partial charge in [0.2, 0.25) is 5.91 Å². The minimum Gasteiger partial charge on any atom is -0.493 e. The van der Waals surface area contributed by atoms with Gasteiger partial charge in [0, 0.05) is 0 Å². The average molecular weight is 399 g/mol. The van der Waals surface area contributed by atoms with Crippen LogP contribution in [0.5, 0.6) is 17.2 Å². The number of hydrogen-bond donors (Lipinski definition) is 1. The molecule has 2 unspecified atom stereocenters. The first-order chi connectivity index (χ1) is 14.0. The summed E-state index contributed by atoms with van der Waals surface area (Å²) in [6.45, 7) is 0.291. The lowest BCUT2D eigenvalue weighted by atomic mass is 9.95. The third-order valence-corrected chi connectivity index (χ3v) is 4.97. The summed E-state index contributed by atoms with van der Waals surface area (Å²) < 4.78 is 21.1. The Balaban J connectivity index is 1.79. The van der Waals surface area contributed by atoms with E-state index in [0.29, 0.717) is 24.5 Å². The maximum atomic E-state index is 12.9. The van der Waals surface area contributed by atoms with Crippen LogP contribution in [0.1, 0.15) is 23.6 Å². The zero-order chi connectivity index (χ0) is 20.8. The monoisotopic (exact) mass is 399 g/mol. The molecule has 0 spiro atoms. The summed E-state index contributed by atoms with van der Waals surface area (Å²) in [5, 5.41) is 2.97. The highest BCUT2D eigenvalue weighted by Gasteiger charge is 2.29. The van der Waals surface area contributed by atoms with Crippen LogP contribution in [0.2, 0.25) is 0 Å². The SMILES string of the molecule is COC(=O)CC(NC(=O)C1COc2ccccc2C1)c1ccc(OC)c(OC)c1. The van der Waals surface area contributed by atoms with Crippen molar-refractivity contribution in [3.8, 4) is 17.2 Å². The molecule has 1 N–H and O–H groups in total. The molecular formula is C22H25NO6. The van der Waals surface area contributed by atoms with E-state index in [2.05, 4.69) is 5.32 Å². The maximum absolute atomic E-state index is 12.9. The highest BCUT2D eigenvalue weighted by Crippen LogP contribution is 2.32. The van der Waals surface area contributed by atoms with Crippen molar-refractivity contribution in [3.63, 3.8) is 0 Å². The second-order valence-corrected chi connectivity index (χ2v) is 6.78. The second-order valence-electron chi connectivity index (χ2n) is 6.78. The zero-order valence-corrected chi connectivity index (χ0v) is 16.8. The molecule has 154 valence electrons. The van der Waals surface area contributed by atoms with Gasteiger partial charge in [0.25, 0.3) is 0 Å². The number of amides is 1. The quantitative estimate of drug-likeness (QED) is 0.721. The van der Waals surface area contributed by atoms with Gasteiger partial charge >= 0.3 is 5.97 Å². The van der Waals surface area contributed by atoms with Gasteiger partial charge in [-0.15, -0.1) is 0 Å². The molecule has 1 heterocycles. The summed E-state index contributed by atoms with van der Waals surface area (Å²) in [6, 6.07) is 12.4. The molecule has 0 saturated carbocycles. The molecule has 0 fully saturated rings. The molecule has 7 heteroatoms. The van der Waals surface area contributed by atoms with Crippen LogP contribution in [0.25, 0.3) is 0 Å². The average Bonchev–Trinajstić information content (AvgIpc) is 2.77. The Morgan fingerprint density at radius 3 is 2.59 bits per heavy atom. The third-order valence-electron chi connectivity index (χ3n) is 4.97. The number of ether oxygens (including phenoxy) is 4. The highest BCUT2D eigenvalue weighted by molar-refractivity contribution is 5.81. The Kier molecular flexibility index (Phi) is 6.59. The molecule has 1 amide bonds. The topological polar surface area (TPSA) is 83.1 Å². The predicted molar refractivity (Wildman–Crippen MR) is 106 cm³/mol. The number of para-hydroxylation sites is 1. The Morgan fingerprint density at radius 1 is 1.10 bits per heavy atom. The van der Waals surface area contributed by atoms with Crippen molar-refractivity contribution in [2.45, 2.75) is 18.9 Å². The number of esters is 1. The van der Waals surface area contributed by atoms with E-state index in [-0.39, 0.29) is 18.2 Å². The van der Waals surface area contributed by atoms with Crippen LogP contribution >= 0.6 is 0 Å². The molecule has 1 aliphatic rings. The van der Waals surface area contributed by atoms with E-state index in [1.165, 1.54) is 14.2 Å². The minimum absolute atomic E-state index is 0.00187. The van der Waals surface area contributed by atoms with Gasteiger partial charge in [-0.1, -0.05) is 24.3 Å². The standard InChI is InChI=1S/C22H25NO6/c1-26-19-9-8-14(11-20(19)27-2)17(12-21(24)28-3)23-22(25)16-10-15-6-4-5-7-18(15)29-13-16/h4-9,11,16-17H,10,12-13H2,1-3H3,(H,23,25). The smallest absolute Gasteiger partial charge is 0.307 e. The van der Waals surface area contributed by atoms with Crippen LogP contribution in [0, 0.1) is 5.92 Å². The molecule has 7 nitrogen and oxygen atoms in total. The van der Waals surface area contributed by atoms with Crippen LogP contribution in [0.4, 0.5) is 0 Å². The van der Waals surface area contributed by atoms with E-state index in [0.717, 1.165) is 16.9 Å². The molecule has 29 heavy (non-hydrogen) atoms. The van der Waals surface area contributed by atoms with E-state index in [4.69, 9.17) is 18.9 Å². The lowest BCUT2D eigenvalue weighted by molar-refractivity contribution is -0.141. The molecular weight excluding hydrogens is 374 g/mol. The van der Waals surface area contributed by atoms with Crippen LogP contribution in [0.15, 0.2) is 42.5 Å². The number of benzene rings is 2. The van der Waals surface area contributed by atoms with Gasteiger partial charge in [0.1, 0.15) is 12.4 Å². The number of fused-ring (bicyclic) bond motifs is 1. The summed E-state index contributed by atoms with van der Waals surface area (Å²) in [7, 11) is 4.40. The fraction of sp³-hybridized carbons (Fsp3) is 0.364. The van der Waals surface area contributed by atoms with Gasteiger partial charge in [0.05, 0.1) is 39.7 Å². The van der Waals surface area contributed by atoms with E-state index in [1.807, 2.05) is 24.3 Å². The Hall–Kier alpha value is -3.22. The highest BCUT2D eigenvalue weighted by atomic mass is 16.5. The van der Waals surface area contributed by atoms with Crippen LogP contribution < -0.4 is 19.5 Å². The molecule has 3 rings (SSSR count). The lowest BCUT2D eigenvalue weighted by Gasteiger charge is -2.27. The molecule has 2 atom stereocenters. The molecule has 2 aromatic rings. The molecule has 0 radical (unpaired) electrons. The normalized spacial score (nSPS) is 16.0. The van der Waals surface area contributed by atoms with Gasteiger partial charge in [0.15, 0.2) is 11.5 Å². The Labute approximate surface area is 169 Å². The molecule has 0 bridgehead atoms. The second kappa shape index (κ2) is 9.32. The summed E-state index contributed by atoms with van der Waals surface area (Å²) in [5.41, 5.74) is 1.72. The molecule has 0 aliphatic carbocycles. The van der Waals surface area contributed by atoms with Crippen molar-refractivity contribution < 1.29 is 28.5 Å². The van der Waals surface area contributed by atoms with Crippen molar-refractivity contribution in [2.24, 2.45) is 5.92 Å². The van der Waals surface area contributed by atoms with Crippen molar-refractivity contribution in [1.82, 2.24) is 5.32 Å². The van der Waals surface area contributed by atoms with Gasteiger partial charge in [-0.2, -0.15) is 0 Å². The first kappa shape index (κ1) is 20.5. The molecule has 1 aliphatic heterocycles. The number of hydrogen-bond acceptors (Lipinski definition) is 6. The fourth-order valence-electron chi connectivity index (χ4n) is 3.36. The minimum atomic E-state index is -0.563. The zero-order valence-electron chi connectivity index (χ0n) is 16.8. The Morgan fingerprint density at radius 2 is 1.86 bits per heavy atom. The molecule has 2 aromatic carbocycles. The van der Waals surface area contributed by atoms with Crippen LogP contribution in [-0.2, 0) is 20.7 Å². The van der Waals surface area contributed by atoms with E-state index in [9.17, 15) is 9.59 Å². The van der Waals surface area contributed by atoms with E-state index >= 15 is 0 Å². The van der Waals surface area contributed by atoms with Gasteiger partial charge in [-0.05, 0) is 35.7 Å². The third kappa shape index (κ3) is 4.80. The fourth-order valence-corrected chi connectivity index (χ4v) is 3.36. The summed E-state index contributed by atoms with van der Waals surface area (Å²) >= 11 is 0.